The molecule has 3 rings (SSSR count). The second kappa shape index (κ2) is 10.0. The molecule has 2 aliphatic rings. The Morgan fingerprint density at radius 3 is 2.65 bits per heavy atom. The maximum absolute atomic E-state index is 12.3. The Morgan fingerprint density at radius 2 is 1.96 bits per heavy atom. The molecule has 0 aliphatic carbocycles. The molecule has 0 aromatic carbocycles. The summed E-state index contributed by atoms with van der Waals surface area (Å²) in [6.45, 7) is 6.82. The number of piperazine rings is 1. The van der Waals surface area contributed by atoms with Crippen LogP contribution in [0.3, 0.4) is 0 Å². The molecule has 1 aromatic rings. The maximum Gasteiger partial charge on any atom is 0.223 e. The number of piperidine rings is 1. The van der Waals surface area contributed by atoms with Gasteiger partial charge in [0.25, 0.3) is 0 Å². The number of amides is 2. The van der Waals surface area contributed by atoms with Crippen LogP contribution in [-0.4, -0.2) is 74.0 Å². The fraction of sp³-hybridized carbons (Fsp3) is 0.684. The van der Waals surface area contributed by atoms with Crippen LogP contribution >= 0.6 is 11.3 Å². The van der Waals surface area contributed by atoms with Crippen LogP contribution in [0.4, 0.5) is 0 Å². The largest absolute Gasteiger partial charge is 0.355 e. The van der Waals surface area contributed by atoms with E-state index in [1.807, 2.05) is 11.0 Å². The molecule has 2 N–H and O–H groups in total. The average molecular weight is 379 g/mol. The molecule has 1 aromatic heterocycles. The minimum atomic E-state index is 0.124. The first-order valence-electron chi connectivity index (χ1n) is 9.73. The molecule has 144 valence electrons. The minimum Gasteiger partial charge on any atom is -0.355 e. The summed E-state index contributed by atoms with van der Waals surface area (Å²) >= 11 is 1.74. The van der Waals surface area contributed by atoms with E-state index >= 15 is 0 Å². The summed E-state index contributed by atoms with van der Waals surface area (Å²) in [5.41, 5.74) is 0. The van der Waals surface area contributed by atoms with Crippen molar-refractivity contribution in [1.82, 2.24) is 20.4 Å². The van der Waals surface area contributed by atoms with Crippen molar-refractivity contribution in [2.45, 2.75) is 25.7 Å². The molecule has 2 fully saturated rings. The van der Waals surface area contributed by atoms with E-state index in [2.05, 4.69) is 27.0 Å². The van der Waals surface area contributed by atoms with Crippen LogP contribution in [0, 0.1) is 5.92 Å². The van der Waals surface area contributed by atoms with Gasteiger partial charge in [-0.15, -0.1) is 11.3 Å². The van der Waals surface area contributed by atoms with Gasteiger partial charge in [-0.05, 0) is 43.8 Å². The topological polar surface area (TPSA) is 64.7 Å². The van der Waals surface area contributed by atoms with Crippen LogP contribution in [0.2, 0.25) is 0 Å². The third-order valence-electron chi connectivity index (χ3n) is 5.32. The van der Waals surface area contributed by atoms with Crippen LogP contribution in [0.15, 0.2) is 17.5 Å². The molecule has 7 heteroatoms. The van der Waals surface area contributed by atoms with E-state index in [9.17, 15) is 9.59 Å². The first kappa shape index (κ1) is 19.3. The van der Waals surface area contributed by atoms with Crippen LogP contribution in [0.25, 0.3) is 0 Å². The lowest BCUT2D eigenvalue weighted by molar-refractivity contribution is -0.132. The lowest BCUT2D eigenvalue weighted by Gasteiger charge is -2.32. The summed E-state index contributed by atoms with van der Waals surface area (Å²) in [6.07, 6.45) is 3.30. The summed E-state index contributed by atoms with van der Waals surface area (Å²) in [6, 6.07) is 4.15. The smallest absolute Gasteiger partial charge is 0.223 e. The van der Waals surface area contributed by atoms with Crippen molar-refractivity contribution in [2.75, 3.05) is 52.4 Å². The Morgan fingerprint density at radius 1 is 1.19 bits per heavy atom. The van der Waals surface area contributed by atoms with E-state index in [-0.39, 0.29) is 17.7 Å². The number of carbonyl (C=O) groups excluding carboxylic acids is 2. The minimum absolute atomic E-state index is 0.124. The van der Waals surface area contributed by atoms with Crippen LogP contribution in [0.5, 0.6) is 0 Å². The molecule has 0 saturated carbocycles. The Bertz CT molecular complexity index is 564. The van der Waals surface area contributed by atoms with E-state index in [1.54, 1.807) is 11.3 Å². The number of carbonyl (C=O) groups is 2. The first-order chi connectivity index (χ1) is 12.7. The molecular weight excluding hydrogens is 348 g/mol. The molecular formula is C19H30N4O2S. The van der Waals surface area contributed by atoms with E-state index in [1.165, 1.54) is 4.88 Å². The molecule has 6 nitrogen and oxygen atoms in total. The zero-order valence-corrected chi connectivity index (χ0v) is 16.2. The van der Waals surface area contributed by atoms with Gasteiger partial charge in [-0.1, -0.05) is 6.07 Å². The van der Waals surface area contributed by atoms with E-state index in [0.29, 0.717) is 6.42 Å². The van der Waals surface area contributed by atoms with Crippen molar-refractivity contribution in [1.29, 1.82) is 0 Å². The van der Waals surface area contributed by atoms with Gasteiger partial charge in [0, 0.05) is 56.5 Å². The third-order valence-corrected chi connectivity index (χ3v) is 6.26. The Labute approximate surface area is 159 Å². The van der Waals surface area contributed by atoms with Crippen molar-refractivity contribution >= 4 is 23.2 Å². The van der Waals surface area contributed by atoms with Gasteiger partial charge in [-0.25, -0.2) is 0 Å². The van der Waals surface area contributed by atoms with Gasteiger partial charge in [0.15, 0.2) is 0 Å². The molecule has 3 heterocycles. The Balaban J connectivity index is 1.29. The number of hydrogen-bond acceptors (Lipinski definition) is 5. The third kappa shape index (κ3) is 5.79. The molecule has 0 spiro atoms. The van der Waals surface area contributed by atoms with Crippen LogP contribution < -0.4 is 10.6 Å². The van der Waals surface area contributed by atoms with E-state index in [4.69, 9.17) is 0 Å². The highest BCUT2D eigenvalue weighted by Crippen LogP contribution is 2.18. The lowest BCUT2D eigenvalue weighted by atomic mass is 9.95. The number of thiophene rings is 1. The highest BCUT2D eigenvalue weighted by Gasteiger charge is 2.25. The molecule has 2 amide bonds. The predicted molar refractivity (Wildman–Crippen MR) is 104 cm³/mol. The highest BCUT2D eigenvalue weighted by molar-refractivity contribution is 7.09. The molecule has 0 unspecified atom stereocenters. The lowest BCUT2D eigenvalue weighted by Crippen LogP contribution is -2.47. The fourth-order valence-electron chi connectivity index (χ4n) is 3.65. The number of nitrogens with zero attached hydrogens (tertiary/aromatic N) is 2. The van der Waals surface area contributed by atoms with Crippen molar-refractivity contribution in [3.63, 3.8) is 0 Å². The summed E-state index contributed by atoms with van der Waals surface area (Å²) in [5, 5.41) is 8.42. The van der Waals surface area contributed by atoms with Gasteiger partial charge in [-0.2, -0.15) is 0 Å². The van der Waals surface area contributed by atoms with Crippen molar-refractivity contribution < 1.29 is 9.59 Å². The number of hydrogen-bond donors (Lipinski definition) is 2. The van der Waals surface area contributed by atoms with Gasteiger partial charge in [0.1, 0.15) is 0 Å². The molecule has 26 heavy (non-hydrogen) atoms. The molecule has 2 aliphatic heterocycles. The van der Waals surface area contributed by atoms with Crippen LogP contribution in [-0.2, 0) is 16.0 Å². The summed E-state index contributed by atoms with van der Waals surface area (Å²) in [4.78, 5) is 30.2. The summed E-state index contributed by atoms with van der Waals surface area (Å²) in [7, 11) is 0. The highest BCUT2D eigenvalue weighted by atomic mass is 32.1. The fourth-order valence-corrected chi connectivity index (χ4v) is 4.36. The van der Waals surface area contributed by atoms with Crippen LogP contribution in [0.1, 0.15) is 24.1 Å². The predicted octanol–water partition coefficient (Wildman–Crippen LogP) is 0.941. The van der Waals surface area contributed by atoms with Gasteiger partial charge >= 0.3 is 0 Å². The first-order valence-corrected chi connectivity index (χ1v) is 10.6. The second-order valence-corrected chi connectivity index (χ2v) is 8.15. The van der Waals surface area contributed by atoms with Gasteiger partial charge in [-0.3, -0.25) is 9.59 Å². The zero-order valence-electron chi connectivity index (χ0n) is 15.4. The van der Waals surface area contributed by atoms with Crippen molar-refractivity contribution in [2.24, 2.45) is 5.92 Å². The van der Waals surface area contributed by atoms with Gasteiger partial charge in [0.05, 0.1) is 0 Å². The van der Waals surface area contributed by atoms with E-state index in [0.717, 1.165) is 71.6 Å². The standard InChI is InChI=1S/C19H30N4O2S/c24-18(23-13-8-20-9-14-23)6-12-22-10-4-16(5-11-22)19(25)21-7-3-17-2-1-15-26-17/h1-2,15-16,20H,3-14H2,(H,21,25). The number of rotatable bonds is 7. The molecule has 0 bridgehead atoms. The average Bonchev–Trinajstić information content (AvgIpc) is 3.20. The second-order valence-electron chi connectivity index (χ2n) is 7.12. The quantitative estimate of drug-likeness (QED) is 0.741. The Kier molecular flexibility index (Phi) is 7.46. The SMILES string of the molecule is O=C(NCCc1cccs1)C1CCN(CCC(=O)N2CCNCC2)CC1. The summed E-state index contributed by atoms with van der Waals surface area (Å²) in [5.74, 6) is 0.580. The van der Waals surface area contributed by atoms with Gasteiger partial charge < -0.3 is 20.4 Å². The molecule has 0 atom stereocenters. The molecule has 2 saturated heterocycles. The monoisotopic (exact) mass is 378 g/mol. The van der Waals surface area contributed by atoms with Crippen molar-refractivity contribution in [3.05, 3.63) is 22.4 Å². The number of likely N-dealkylation sites (tertiary alicyclic amines) is 1. The van der Waals surface area contributed by atoms with Gasteiger partial charge in [0.2, 0.25) is 11.8 Å². The normalized spacial score (nSPS) is 19.5. The summed E-state index contributed by atoms with van der Waals surface area (Å²) < 4.78 is 0. The molecule has 0 radical (unpaired) electrons. The number of nitrogens with one attached hydrogen (secondary N) is 2. The van der Waals surface area contributed by atoms with E-state index < -0.39 is 0 Å². The Hall–Kier alpha value is -1.44. The zero-order chi connectivity index (χ0) is 18.2. The maximum atomic E-state index is 12.3. The van der Waals surface area contributed by atoms with Crippen molar-refractivity contribution in [3.8, 4) is 0 Å².